The summed E-state index contributed by atoms with van der Waals surface area (Å²) in [6, 6.07) is 16.8. The van der Waals surface area contributed by atoms with Gasteiger partial charge in [0.25, 0.3) is 0 Å². The van der Waals surface area contributed by atoms with Crippen LogP contribution in [0, 0.1) is 11.8 Å². The first-order valence-electron chi connectivity index (χ1n) is 13.6. The molecule has 192 valence electrons. The summed E-state index contributed by atoms with van der Waals surface area (Å²) in [7, 11) is 0. The Labute approximate surface area is 216 Å². The van der Waals surface area contributed by atoms with Crippen molar-refractivity contribution >= 4 is 17.1 Å². The molecule has 2 unspecified atom stereocenters. The maximum atomic E-state index is 13.6. The first kappa shape index (κ1) is 24.9. The van der Waals surface area contributed by atoms with Crippen molar-refractivity contribution in [2.45, 2.75) is 65.1 Å². The van der Waals surface area contributed by atoms with Crippen LogP contribution < -0.4 is 24.9 Å². The van der Waals surface area contributed by atoms with Crippen molar-refractivity contribution in [2.75, 3.05) is 34.3 Å². The summed E-state index contributed by atoms with van der Waals surface area (Å²) in [4.78, 5) is 6.82. The van der Waals surface area contributed by atoms with Crippen LogP contribution in [0.15, 0.2) is 72.2 Å². The van der Waals surface area contributed by atoms with Crippen molar-refractivity contribution < 1.29 is 10.2 Å². The van der Waals surface area contributed by atoms with Gasteiger partial charge in [-0.2, -0.15) is 0 Å². The molecule has 2 aromatic carbocycles. The van der Waals surface area contributed by atoms with E-state index in [0.717, 1.165) is 55.4 Å². The minimum atomic E-state index is -0.929. The van der Waals surface area contributed by atoms with Crippen molar-refractivity contribution in [1.29, 1.82) is 0 Å². The predicted molar refractivity (Wildman–Crippen MR) is 145 cm³/mol. The second kappa shape index (κ2) is 9.60. The van der Waals surface area contributed by atoms with Gasteiger partial charge in [0.1, 0.15) is 5.82 Å². The average Bonchev–Trinajstić information content (AvgIpc) is 3.31. The summed E-state index contributed by atoms with van der Waals surface area (Å²) >= 11 is 0. The molecule has 0 bridgehead atoms. The Balaban J connectivity index is 1.44. The van der Waals surface area contributed by atoms with Crippen LogP contribution in [-0.4, -0.2) is 31.8 Å². The second-order valence-electron chi connectivity index (χ2n) is 10.8. The molecule has 3 aliphatic rings. The highest BCUT2D eigenvalue weighted by atomic mass is 16.3. The second-order valence-corrected chi connectivity index (χ2v) is 10.8. The van der Waals surface area contributed by atoms with Crippen LogP contribution in [-0.2, 0) is 5.41 Å². The fourth-order valence-electron chi connectivity index (χ4n) is 6.33. The van der Waals surface area contributed by atoms with E-state index in [1.54, 1.807) is 0 Å². The number of para-hydroxylation sites is 3. The third kappa shape index (κ3) is 3.75. The summed E-state index contributed by atoms with van der Waals surface area (Å²) < 4.78 is 0. The van der Waals surface area contributed by atoms with Gasteiger partial charge in [-0.15, -0.1) is 12.2 Å². The number of hydrogen-bond donors (Lipinski definition) is 0. The molecule has 1 fully saturated rings. The van der Waals surface area contributed by atoms with Gasteiger partial charge in [0.05, 0.1) is 11.4 Å². The normalized spacial score (nSPS) is 27.4. The van der Waals surface area contributed by atoms with Gasteiger partial charge in [-0.25, -0.2) is 0 Å². The Morgan fingerprint density at radius 3 is 1.83 bits per heavy atom. The minimum Gasteiger partial charge on any atom is -0.851 e. The number of allylic oxidation sites excluding steroid dienone is 1. The lowest BCUT2D eigenvalue weighted by atomic mass is 9.67. The van der Waals surface area contributed by atoms with Gasteiger partial charge >= 0.3 is 0 Å². The number of nitrogens with zero attached hydrogens (tertiary/aromatic N) is 3. The molecule has 5 rings (SSSR count). The monoisotopic (exact) mass is 485 g/mol. The van der Waals surface area contributed by atoms with E-state index in [9.17, 15) is 10.2 Å². The molecule has 2 atom stereocenters. The molecule has 0 aromatic heterocycles. The van der Waals surface area contributed by atoms with Crippen molar-refractivity contribution in [3.8, 4) is 0 Å². The highest BCUT2D eigenvalue weighted by Gasteiger charge is 2.43. The maximum Gasteiger partial charge on any atom is 0.109 e. The summed E-state index contributed by atoms with van der Waals surface area (Å²) in [5, 5.41) is 27.1. The standard InChI is InChI=1S/C31H39N3O2/c1-6-9-18-34-24-15-11-10-14-23(24)31(4,5)27(34)19-21-29(35)22(30(21)36)20-28-32(7-2)25-16-12-13-17-26(25)33(28)8-3/h10-17,19-22,29-30H,6-9,18H2,1-5H3/q-2. The van der Waals surface area contributed by atoms with E-state index in [2.05, 4.69) is 85.7 Å². The predicted octanol–water partition coefficient (Wildman–Crippen LogP) is 4.38. The zero-order chi connectivity index (χ0) is 25.6. The summed E-state index contributed by atoms with van der Waals surface area (Å²) in [5.41, 5.74) is 5.68. The average molecular weight is 486 g/mol. The van der Waals surface area contributed by atoms with E-state index < -0.39 is 24.0 Å². The Bertz CT molecular complexity index is 1130. The van der Waals surface area contributed by atoms with Gasteiger partial charge < -0.3 is 24.9 Å². The van der Waals surface area contributed by atoms with Crippen LogP contribution in [0.5, 0.6) is 0 Å². The molecule has 0 N–H and O–H groups in total. The lowest BCUT2D eigenvalue weighted by Gasteiger charge is -2.60. The molecule has 2 aliphatic heterocycles. The van der Waals surface area contributed by atoms with E-state index in [1.165, 1.54) is 11.3 Å². The summed E-state index contributed by atoms with van der Waals surface area (Å²) in [6.45, 7) is 13.4. The molecule has 5 nitrogen and oxygen atoms in total. The zero-order valence-corrected chi connectivity index (χ0v) is 22.3. The van der Waals surface area contributed by atoms with E-state index >= 15 is 0 Å². The van der Waals surface area contributed by atoms with Gasteiger partial charge in [-0.05, 0) is 61.9 Å². The number of rotatable bonds is 7. The molecule has 5 heteroatoms. The molecular formula is C31H39N3O2-2. The van der Waals surface area contributed by atoms with E-state index in [1.807, 2.05) is 24.3 Å². The van der Waals surface area contributed by atoms with E-state index in [0.29, 0.717) is 0 Å². The van der Waals surface area contributed by atoms with Crippen LogP contribution in [0.4, 0.5) is 17.1 Å². The zero-order valence-electron chi connectivity index (χ0n) is 22.3. The van der Waals surface area contributed by atoms with Gasteiger partial charge in [-0.3, -0.25) is 0 Å². The molecule has 2 heterocycles. The quantitative estimate of drug-likeness (QED) is 0.583. The van der Waals surface area contributed by atoms with E-state index in [-0.39, 0.29) is 5.41 Å². The third-order valence-corrected chi connectivity index (χ3v) is 8.39. The van der Waals surface area contributed by atoms with Gasteiger partial charge in [-0.1, -0.05) is 63.6 Å². The summed E-state index contributed by atoms with van der Waals surface area (Å²) in [6.07, 6.45) is 4.33. The molecule has 1 aliphatic carbocycles. The first-order valence-corrected chi connectivity index (χ1v) is 13.6. The number of unbranched alkanes of at least 4 members (excludes halogenated alkanes) is 1. The number of benzene rings is 2. The fraction of sp³-hybridized carbons (Fsp3) is 0.484. The van der Waals surface area contributed by atoms with Crippen LogP contribution in [0.2, 0.25) is 0 Å². The Morgan fingerprint density at radius 2 is 1.28 bits per heavy atom. The van der Waals surface area contributed by atoms with Gasteiger partial charge in [0, 0.05) is 36.4 Å². The van der Waals surface area contributed by atoms with Gasteiger partial charge in [0.15, 0.2) is 0 Å². The molecular weight excluding hydrogens is 446 g/mol. The minimum absolute atomic E-state index is 0.224. The molecule has 0 spiro atoms. The maximum absolute atomic E-state index is 13.6. The lowest BCUT2D eigenvalue weighted by molar-refractivity contribution is -0.550. The third-order valence-electron chi connectivity index (χ3n) is 8.39. The smallest absolute Gasteiger partial charge is 0.109 e. The SMILES string of the molecule is CCCCN1C(=CC2C([O-])C(C=C3N(CC)c4ccccc4N3CC)C2[O-])C(C)(C)c2ccccc21. The number of hydrogen-bond acceptors (Lipinski definition) is 5. The van der Waals surface area contributed by atoms with Crippen LogP contribution >= 0.6 is 0 Å². The lowest BCUT2D eigenvalue weighted by Crippen LogP contribution is -2.66. The molecule has 1 saturated carbocycles. The van der Waals surface area contributed by atoms with Crippen molar-refractivity contribution in [3.05, 3.63) is 77.8 Å². The van der Waals surface area contributed by atoms with Crippen molar-refractivity contribution in [3.63, 3.8) is 0 Å². The van der Waals surface area contributed by atoms with Crippen LogP contribution in [0.1, 0.15) is 53.0 Å². The molecule has 36 heavy (non-hydrogen) atoms. The molecule has 0 amide bonds. The number of anilines is 3. The Morgan fingerprint density at radius 1 is 0.750 bits per heavy atom. The Kier molecular flexibility index (Phi) is 6.65. The van der Waals surface area contributed by atoms with Crippen LogP contribution in [0.25, 0.3) is 0 Å². The fourth-order valence-corrected chi connectivity index (χ4v) is 6.33. The summed E-state index contributed by atoms with van der Waals surface area (Å²) in [5.74, 6) is -0.0408. The molecule has 2 aromatic rings. The molecule has 0 radical (unpaired) electrons. The number of fused-ring (bicyclic) bond motifs is 2. The van der Waals surface area contributed by atoms with Crippen LogP contribution in [0.3, 0.4) is 0 Å². The van der Waals surface area contributed by atoms with Crippen molar-refractivity contribution in [2.24, 2.45) is 11.8 Å². The Hall–Kier alpha value is -2.76. The van der Waals surface area contributed by atoms with Gasteiger partial charge in [0.2, 0.25) is 0 Å². The highest BCUT2D eigenvalue weighted by Crippen LogP contribution is 2.50. The topological polar surface area (TPSA) is 55.8 Å². The van der Waals surface area contributed by atoms with Crippen molar-refractivity contribution in [1.82, 2.24) is 0 Å². The highest BCUT2D eigenvalue weighted by molar-refractivity contribution is 5.82. The van der Waals surface area contributed by atoms with E-state index in [4.69, 9.17) is 0 Å². The largest absolute Gasteiger partial charge is 0.851 e. The molecule has 0 saturated heterocycles. The first-order chi connectivity index (χ1) is 17.3.